The quantitative estimate of drug-likeness (QED) is 0.358. The van der Waals surface area contributed by atoms with Crippen molar-refractivity contribution < 1.29 is 18.3 Å². The average molecular weight is 487 g/mol. The Hall–Kier alpha value is -2.95. The van der Waals surface area contributed by atoms with Gasteiger partial charge in [0.25, 0.3) is 0 Å². The summed E-state index contributed by atoms with van der Waals surface area (Å²) in [6.45, 7) is 3.48. The van der Waals surface area contributed by atoms with Gasteiger partial charge in [-0.25, -0.2) is 13.4 Å². The lowest BCUT2D eigenvalue weighted by atomic mass is 10.2. The van der Waals surface area contributed by atoms with Crippen LogP contribution in [0.2, 0.25) is 0 Å². The number of aromatic hydroxyl groups is 1. The number of anilines is 1. The van der Waals surface area contributed by atoms with Gasteiger partial charge in [-0.3, -0.25) is 5.43 Å². The largest absolute Gasteiger partial charge is 0.504 e. The van der Waals surface area contributed by atoms with Gasteiger partial charge in [-0.15, -0.1) is 11.3 Å². The number of hydrogen-bond acceptors (Lipinski definition) is 8. The minimum absolute atomic E-state index is 0.0845. The number of thiazole rings is 1. The van der Waals surface area contributed by atoms with Crippen LogP contribution in [-0.4, -0.2) is 48.7 Å². The van der Waals surface area contributed by atoms with Gasteiger partial charge in [0.2, 0.25) is 15.2 Å². The Kier molecular flexibility index (Phi) is 7.26. The van der Waals surface area contributed by atoms with Crippen LogP contribution in [0, 0.1) is 0 Å². The fraction of sp³-hybridized carbons (Fsp3) is 0.304. The average Bonchev–Trinajstić information content (AvgIpc) is 3.31. The van der Waals surface area contributed by atoms with E-state index in [0.717, 1.165) is 36.1 Å². The molecule has 10 heteroatoms. The first kappa shape index (κ1) is 23.2. The lowest BCUT2D eigenvalue weighted by Crippen LogP contribution is -2.35. The number of nitrogens with one attached hydrogen (secondary N) is 1. The molecule has 1 saturated heterocycles. The van der Waals surface area contributed by atoms with Gasteiger partial charge in [-0.2, -0.15) is 9.41 Å². The topological polar surface area (TPSA) is 104 Å². The molecule has 0 saturated carbocycles. The van der Waals surface area contributed by atoms with E-state index in [1.807, 2.05) is 12.3 Å². The molecule has 0 unspecified atom stereocenters. The van der Waals surface area contributed by atoms with E-state index in [2.05, 4.69) is 15.5 Å². The summed E-state index contributed by atoms with van der Waals surface area (Å²) in [7, 11) is -3.44. The Bertz CT molecular complexity index is 1220. The van der Waals surface area contributed by atoms with E-state index in [1.54, 1.807) is 53.0 Å². The molecule has 8 nitrogen and oxygen atoms in total. The second-order valence-corrected chi connectivity index (χ2v) is 10.4. The molecular formula is C23H26N4O4S2. The zero-order valence-electron chi connectivity index (χ0n) is 18.3. The molecule has 0 spiro atoms. The molecule has 1 aliphatic heterocycles. The molecule has 3 aromatic rings. The van der Waals surface area contributed by atoms with Crippen molar-refractivity contribution in [2.45, 2.75) is 31.1 Å². The van der Waals surface area contributed by atoms with Crippen molar-refractivity contribution in [2.75, 3.05) is 25.1 Å². The first-order chi connectivity index (χ1) is 16.0. The van der Waals surface area contributed by atoms with Crippen LogP contribution in [0.5, 0.6) is 11.5 Å². The van der Waals surface area contributed by atoms with Crippen molar-refractivity contribution in [3.63, 3.8) is 0 Å². The third kappa shape index (κ3) is 5.52. The van der Waals surface area contributed by atoms with E-state index in [-0.39, 0.29) is 5.75 Å². The molecule has 2 heterocycles. The van der Waals surface area contributed by atoms with Crippen molar-refractivity contribution in [3.05, 3.63) is 53.4 Å². The summed E-state index contributed by atoms with van der Waals surface area (Å²) < 4.78 is 32.6. The molecule has 0 atom stereocenters. The normalized spacial score (nSPS) is 15.1. The Morgan fingerprint density at radius 1 is 1.18 bits per heavy atom. The lowest BCUT2D eigenvalue weighted by molar-refractivity contribution is 0.318. The van der Waals surface area contributed by atoms with Crippen molar-refractivity contribution in [1.29, 1.82) is 0 Å². The Morgan fingerprint density at radius 3 is 2.67 bits per heavy atom. The minimum Gasteiger partial charge on any atom is -0.504 e. The third-order valence-electron chi connectivity index (χ3n) is 5.26. The molecule has 0 radical (unpaired) electrons. The molecule has 33 heavy (non-hydrogen) atoms. The van der Waals surface area contributed by atoms with Gasteiger partial charge in [0, 0.05) is 24.0 Å². The molecule has 0 bridgehead atoms. The van der Waals surface area contributed by atoms with Crippen LogP contribution >= 0.6 is 11.3 Å². The fourth-order valence-corrected chi connectivity index (χ4v) is 5.74. The zero-order valence-corrected chi connectivity index (χ0v) is 19.9. The summed E-state index contributed by atoms with van der Waals surface area (Å²) in [5, 5.41) is 16.5. The summed E-state index contributed by atoms with van der Waals surface area (Å²) in [5.41, 5.74) is 5.24. The van der Waals surface area contributed by atoms with Gasteiger partial charge >= 0.3 is 0 Å². The number of aromatic nitrogens is 1. The van der Waals surface area contributed by atoms with Crippen LogP contribution in [-0.2, 0) is 10.0 Å². The maximum absolute atomic E-state index is 12.8. The highest BCUT2D eigenvalue weighted by molar-refractivity contribution is 7.89. The summed E-state index contributed by atoms with van der Waals surface area (Å²) in [4.78, 5) is 4.84. The van der Waals surface area contributed by atoms with Crippen molar-refractivity contribution in [3.8, 4) is 22.8 Å². The number of hydrogen-bond donors (Lipinski definition) is 2. The van der Waals surface area contributed by atoms with Gasteiger partial charge < -0.3 is 9.84 Å². The number of phenolic OH excluding ortho intramolecular Hbond substituents is 1. The van der Waals surface area contributed by atoms with Gasteiger partial charge in [-0.05, 0) is 55.7 Å². The van der Waals surface area contributed by atoms with Crippen LogP contribution in [0.15, 0.2) is 57.8 Å². The zero-order chi connectivity index (χ0) is 23.3. The molecule has 2 N–H and O–H groups in total. The number of nitrogens with zero attached hydrogens (tertiary/aromatic N) is 3. The first-order valence-electron chi connectivity index (χ1n) is 10.8. The number of piperidine rings is 1. The second kappa shape index (κ2) is 10.3. The maximum atomic E-state index is 12.8. The smallest absolute Gasteiger partial charge is 0.243 e. The van der Waals surface area contributed by atoms with E-state index >= 15 is 0 Å². The SMILES string of the molecule is CCOc1cc(/C=N/Nc2nc(-c3ccc(S(=O)(=O)N4CCCCC4)cc3)cs2)ccc1O. The highest BCUT2D eigenvalue weighted by Crippen LogP contribution is 2.28. The Labute approximate surface area is 197 Å². The third-order valence-corrected chi connectivity index (χ3v) is 7.92. The number of benzene rings is 2. The maximum Gasteiger partial charge on any atom is 0.243 e. The predicted octanol–water partition coefficient (Wildman–Crippen LogP) is 4.54. The molecular weight excluding hydrogens is 460 g/mol. The first-order valence-corrected chi connectivity index (χ1v) is 13.1. The number of rotatable bonds is 8. The number of phenols is 1. The molecule has 1 aliphatic rings. The molecule has 0 amide bonds. The number of hydrazone groups is 1. The van der Waals surface area contributed by atoms with Crippen LogP contribution in [0.3, 0.4) is 0 Å². The van der Waals surface area contributed by atoms with E-state index in [0.29, 0.717) is 35.5 Å². The predicted molar refractivity (Wildman–Crippen MR) is 131 cm³/mol. The molecule has 4 rings (SSSR count). The van der Waals surface area contributed by atoms with Crippen LogP contribution in [0.25, 0.3) is 11.3 Å². The van der Waals surface area contributed by atoms with E-state index in [4.69, 9.17) is 4.74 Å². The van der Waals surface area contributed by atoms with Gasteiger partial charge in [0.05, 0.1) is 23.4 Å². The summed E-state index contributed by atoms with van der Waals surface area (Å²) >= 11 is 1.40. The molecule has 0 aliphatic carbocycles. The highest BCUT2D eigenvalue weighted by Gasteiger charge is 2.25. The van der Waals surface area contributed by atoms with Crippen LogP contribution in [0.4, 0.5) is 5.13 Å². The molecule has 174 valence electrons. The summed E-state index contributed by atoms with van der Waals surface area (Å²) in [6.07, 6.45) is 4.52. The number of sulfonamides is 1. The summed E-state index contributed by atoms with van der Waals surface area (Å²) in [5.74, 6) is 0.491. The van der Waals surface area contributed by atoms with Crippen LogP contribution in [0.1, 0.15) is 31.7 Å². The van der Waals surface area contributed by atoms with E-state index in [1.165, 1.54) is 11.3 Å². The monoisotopic (exact) mass is 486 g/mol. The standard InChI is InChI=1S/C23H26N4O4S2/c1-2-31-22-14-17(6-11-21(22)28)15-24-26-23-25-20(16-32-23)18-7-9-19(10-8-18)33(29,30)27-12-4-3-5-13-27/h6-11,14-16,28H,2-5,12-13H2,1H3,(H,25,26)/b24-15+. The molecule has 1 fully saturated rings. The van der Waals surface area contributed by atoms with E-state index < -0.39 is 10.0 Å². The lowest BCUT2D eigenvalue weighted by Gasteiger charge is -2.25. The second-order valence-electron chi connectivity index (χ2n) is 7.56. The van der Waals surface area contributed by atoms with Crippen LogP contribution < -0.4 is 10.2 Å². The minimum atomic E-state index is -3.44. The summed E-state index contributed by atoms with van der Waals surface area (Å²) in [6, 6.07) is 11.8. The number of ether oxygens (including phenoxy) is 1. The fourth-order valence-electron chi connectivity index (χ4n) is 3.55. The van der Waals surface area contributed by atoms with Gasteiger partial charge in [0.15, 0.2) is 11.5 Å². The Balaban J connectivity index is 1.41. The molecule has 2 aromatic carbocycles. The van der Waals surface area contributed by atoms with Gasteiger partial charge in [-0.1, -0.05) is 18.6 Å². The Morgan fingerprint density at radius 2 is 1.94 bits per heavy atom. The highest BCUT2D eigenvalue weighted by atomic mass is 32.2. The van der Waals surface area contributed by atoms with Crippen molar-refractivity contribution >= 4 is 32.7 Å². The molecule has 1 aromatic heterocycles. The van der Waals surface area contributed by atoms with E-state index in [9.17, 15) is 13.5 Å². The van der Waals surface area contributed by atoms with Crippen molar-refractivity contribution in [2.24, 2.45) is 5.10 Å². The van der Waals surface area contributed by atoms with Crippen molar-refractivity contribution in [1.82, 2.24) is 9.29 Å². The van der Waals surface area contributed by atoms with Gasteiger partial charge in [0.1, 0.15) is 0 Å².